The first-order chi connectivity index (χ1) is 11.2. The summed E-state index contributed by atoms with van der Waals surface area (Å²) < 4.78 is 0. The molecule has 114 valence electrons. The van der Waals surface area contributed by atoms with Gasteiger partial charge in [-0.15, -0.1) is 0 Å². The van der Waals surface area contributed by atoms with Gasteiger partial charge in [0.15, 0.2) is 0 Å². The van der Waals surface area contributed by atoms with E-state index in [0.29, 0.717) is 11.6 Å². The van der Waals surface area contributed by atoms with Gasteiger partial charge in [0.1, 0.15) is 0 Å². The molecule has 3 nitrogen and oxygen atoms in total. The Morgan fingerprint density at radius 3 is 2.57 bits per heavy atom. The number of hydrogen-bond donors (Lipinski definition) is 1. The molecule has 1 saturated carbocycles. The number of pyridine rings is 1. The van der Waals surface area contributed by atoms with Gasteiger partial charge >= 0.3 is 0 Å². The van der Waals surface area contributed by atoms with Crippen molar-refractivity contribution in [3.8, 4) is 11.3 Å². The molecule has 1 aromatic heterocycles. The topological polar surface area (TPSA) is 42.0 Å². The largest absolute Gasteiger partial charge is 0.349 e. The molecule has 2 aromatic carbocycles. The molecule has 4 rings (SSSR count). The van der Waals surface area contributed by atoms with Crippen molar-refractivity contribution < 1.29 is 4.79 Å². The number of nitrogens with one attached hydrogen (secondary N) is 1. The Bertz CT molecular complexity index is 880. The molecule has 0 saturated heterocycles. The van der Waals surface area contributed by atoms with Crippen LogP contribution in [0, 0.1) is 6.92 Å². The molecule has 1 aliphatic rings. The van der Waals surface area contributed by atoms with Crippen LogP contribution in [0.25, 0.3) is 22.2 Å². The number of aryl methyl sites for hydroxylation is 1. The number of nitrogens with zero attached hydrogens (tertiary/aromatic N) is 1. The lowest BCUT2D eigenvalue weighted by Crippen LogP contribution is -2.25. The van der Waals surface area contributed by atoms with E-state index in [2.05, 4.69) is 36.5 Å². The standard InChI is InChI=1S/C20H18N2O/c1-13-6-8-14(9-7-13)19-12-17(20(23)21-15-10-11-15)16-4-2-3-5-18(16)22-19/h2-9,12,15H,10-11H2,1H3,(H,21,23). The third kappa shape index (κ3) is 2.82. The summed E-state index contributed by atoms with van der Waals surface area (Å²) in [5.74, 6) is -0.000498. The number of rotatable bonds is 3. The Morgan fingerprint density at radius 1 is 1.09 bits per heavy atom. The molecule has 0 radical (unpaired) electrons. The average Bonchev–Trinajstić information content (AvgIpc) is 3.38. The van der Waals surface area contributed by atoms with Gasteiger partial charge in [-0.2, -0.15) is 0 Å². The van der Waals surface area contributed by atoms with Crippen LogP contribution in [0.5, 0.6) is 0 Å². The van der Waals surface area contributed by atoms with Gasteiger partial charge in [0.25, 0.3) is 5.91 Å². The molecule has 1 amide bonds. The van der Waals surface area contributed by atoms with E-state index in [1.54, 1.807) is 0 Å². The van der Waals surface area contributed by atoms with Crippen LogP contribution in [0.1, 0.15) is 28.8 Å². The lowest BCUT2D eigenvalue weighted by Gasteiger charge is -2.10. The first kappa shape index (κ1) is 13.9. The summed E-state index contributed by atoms with van der Waals surface area (Å²) in [6.45, 7) is 2.06. The molecular formula is C20H18N2O. The smallest absolute Gasteiger partial charge is 0.252 e. The highest BCUT2D eigenvalue weighted by Crippen LogP contribution is 2.26. The molecule has 23 heavy (non-hydrogen) atoms. The summed E-state index contributed by atoms with van der Waals surface area (Å²) in [5, 5.41) is 3.99. The minimum Gasteiger partial charge on any atom is -0.349 e. The van der Waals surface area contributed by atoms with Crippen molar-refractivity contribution in [2.45, 2.75) is 25.8 Å². The van der Waals surface area contributed by atoms with E-state index in [4.69, 9.17) is 4.98 Å². The minimum atomic E-state index is -0.000498. The van der Waals surface area contributed by atoms with Crippen LogP contribution in [0.2, 0.25) is 0 Å². The van der Waals surface area contributed by atoms with Gasteiger partial charge in [-0.3, -0.25) is 4.79 Å². The van der Waals surface area contributed by atoms with E-state index in [9.17, 15) is 4.79 Å². The van der Waals surface area contributed by atoms with Crippen LogP contribution < -0.4 is 5.32 Å². The summed E-state index contributed by atoms with van der Waals surface area (Å²) in [4.78, 5) is 17.3. The lowest BCUT2D eigenvalue weighted by atomic mass is 10.0. The number of amides is 1. The fourth-order valence-electron chi connectivity index (χ4n) is 2.73. The number of para-hydroxylation sites is 1. The second-order valence-corrected chi connectivity index (χ2v) is 6.19. The maximum absolute atomic E-state index is 12.6. The number of hydrogen-bond acceptors (Lipinski definition) is 2. The maximum atomic E-state index is 12.6. The Balaban J connectivity index is 1.85. The van der Waals surface area contributed by atoms with Crippen molar-refractivity contribution in [3.63, 3.8) is 0 Å². The van der Waals surface area contributed by atoms with Crippen LogP contribution >= 0.6 is 0 Å². The SMILES string of the molecule is Cc1ccc(-c2cc(C(=O)NC3CC3)c3ccccc3n2)cc1. The summed E-state index contributed by atoms with van der Waals surface area (Å²) in [5.41, 5.74) is 4.64. The average molecular weight is 302 g/mol. The Morgan fingerprint density at radius 2 is 1.83 bits per heavy atom. The van der Waals surface area contributed by atoms with Crippen LogP contribution in [-0.2, 0) is 0 Å². The van der Waals surface area contributed by atoms with E-state index < -0.39 is 0 Å². The fraction of sp³-hybridized carbons (Fsp3) is 0.200. The first-order valence-electron chi connectivity index (χ1n) is 7.98. The van der Waals surface area contributed by atoms with Crippen LogP contribution in [0.15, 0.2) is 54.6 Å². The predicted molar refractivity (Wildman–Crippen MR) is 92.4 cm³/mol. The van der Waals surface area contributed by atoms with E-state index in [1.807, 2.05) is 30.3 Å². The molecule has 3 heteroatoms. The van der Waals surface area contributed by atoms with Gasteiger partial charge in [-0.25, -0.2) is 4.98 Å². The van der Waals surface area contributed by atoms with E-state index in [-0.39, 0.29) is 5.91 Å². The normalized spacial score (nSPS) is 14.0. The third-order valence-corrected chi connectivity index (χ3v) is 4.22. The highest BCUT2D eigenvalue weighted by molar-refractivity contribution is 6.07. The van der Waals surface area contributed by atoms with Crippen LogP contribution in [0.3, 0.4) is 0 Å². The number of carbonyl (C=O) groups is 1. The summed E-state index contributed by atoms with van der Waals surface area (Å²) in [7, 11) is 0. The quantitative estimate of drug-likeness (QED) is 0.791. The first-order valence-corrected chi connectivity index (χ1v) is 7.98. The molecule has 1 heterocycles. The fourth-order valence-corrected chi connectivity index (χ4v) is 2.73. The van der Waals surface area contributed by atoms with Crippen molar-refractivity contribution in [1.29, 1.82) is 0 Å². The van der Waals surface area contributed by atoms with Gasteiger partial charge < -0.3 is 5.32 Å². The molecule has 3 aromatic rings. The highest BCUT2D eigenvalue weighted by Gasteiger charge is 2.25. The van der Waals surface area contributed by atoms with Crippen molar-refractivity contribution in [2.24, 2.45) is 0 Å². The molecular weight excluding hydrogens is 284 g/mol. The summed E-state index contributed by atoms with van der Waals surface area (Å²) in [6, 6.07) is 18.3. The number of fused-ring (bicyclic) bond motifs is 1. The van der Waals surface area contributed by atoms with Crippen molar-refractivity contribution in [1.82, 2.24) is 10.3 Å². The minimum absolute atomic E-state index is 0.000498. The molecule has 0 atom stereocenters. The van der Waals surface area contributed by atoms with Gasteiger partial charge in [0.05, 0.1) is 16.8 Å². The Hall–Kier alpha value is -2.68. The van der Waals surface area contributed by atoms with Gasteiger partial charge in [0, 0.05) is 17.0 Å². The second-order valence-electron chi connectivity index (χ2n) is 6.19. The van der Waals surface area contributed by atoms with Crippen LogP contribution in [-0.4, -0.2) is 16.9 Å². The number of aromatic nitrogens is 1. The van der Waals surface area contributed by atoms with Crippen LogP contribution in [0.4, 0.5) is 0 Å². The van der Waals surface area contributed by atoms with Crippen molar-refractivity contribution in [2.75, 3.05) is 0 Å². The van der Waals surface area contributed by atoms with Gasteiger partial charge in [0.2, 0.25) is 0 Å². The van der Waals surface area contributed by atoms with Crippen molar-refractivity contribution >= 4 is 16.8 Å². The van der Waals surface area contributed by atoms with Gasteiger partial charge in [-0.1, -0.05) is 48.0 Å². The lowest BCUT2D eigenvalue weighted by molar-refractivity contribution is 0.0952. The second kappa shape index (κ2) is 5.51. The van der Waals surface area contributed by atoms with E-state index in [1.165, 1.54) is 5.56 Å². The molecule has 0 aliphatic heterocycles. The monoisotopic (exact) mass is 302 g/mol. The van der Waals surface area contributed by atoms with Gasteiger partial charge in [-0.05, 0) is 31.9 Å². The molecule has 1 aliphatic carbocycles. The molecule has 0 unspecified atom stereocenters. The third-order valence-electron chi connectivity index (χ3n) is 4.22. The zero-order valence-corrected chi connectivity index (χ0v) is 13.0. The van der Waals surface area contributed by atoms with E-state index >= 15 is 0 Å². The Labute approximate surface area is 135 Å². The van der Waals surface area contributed by atoms with Crippen molar-refractivity contribution in [3.05, 3.63) is 65.7 Å². The maximum Gasteiger partial charge on any atom is 0.252 e. The summed E-state index contributed by atoms with van der Waals surface area (Å²) >= 11 is 0. The summed E-state index contributed by atoms with van der Waals surface area (Å²) in [6.07, 6.45) is 2.17. The highest BCUT2D eigenvalue weighted by atomic mass is 16.1. The zero-order valence-electron chi connectivity index (χ0n) is 13.0. The molecule has 0 bridgehead atoms. The molecule has 1 N–H and O–H groups in total. The number of carbonyl (C=O) groups excluding carboxylic acids is 1. The molecule has 0 spiro atoms. The zero-order chi connectivity index (χ0) is 15.8. The van der Waals surface area contributed by atoms with E-state index in [0.717, 1.165) is 35.0 Å². The predicted octanol–water partition coefficient (Wildman–Crippen LogP) is 4.10. The number of benzene rings is 2. The molecule has 1 fully saturated rings. The Kier molecular flexibility index (Phi) is 3.34.